The Balaban J connectivity index is 1.57. The van der Waals surface area contributed by atoms with Gasteiger partial charge in [-0.05, 0) is 47.0 Å². The minimum absolute atomic E-state index is 0.0960. The van der Waals surface area contributed by atoms with Gasteiger partial charge in [0.25, 0.3) is 15.9 Å². The fourth-order valence-electron chi connectivity index (χ4n) is 3.46. The molecule has 172 valence electrons. The first-order valence-corrected chi connectivity index (χ1v) is 12.1. The first-order chi connectivity index (χ1) is 16.5. The number of carbonyl (C=O) groups excluding carboxylic acids is 1. The molecule has 0 radical (unpaired) electrons. The summed E-state index contributed by atoms with van der Waals surface area (Å²) in [5.74, 6) is 0.0277. The van der Waals surface area contributed by atoms with E-state index in [0.29, 0.717) is 12.3 Å². The largest absolute Gasteiger partial charge is 0.497 e. The lowest BCUT2D eigenvalue weighted by molar-refractivity contribution is 0.0951. The number of hydrogen-bond acceptors (Lipinski definition) is 4. The number of methoxy groups -OCH3 is 1. The number of rotatable bonds is 8. The second kappa shape index (κ2) is 10.2. The summed E-state index contributed by atoms with van der Waals surface area (Å²) in [5.41, 5.74) is 3.16. The average Bonchev–Trinajstić information content (AvgIpc) is 2.88. The molecule has 4 aromatic rings. The van der Waals surface area contributed by atoms with Gasteiger partial charge < -0.3 is 10.1 Å². The van der Waals surface area contributed by atoms with E-state index in [4.69, 9.17) is 4.74 Å². The minimum Gasteiger partial charge on any atom is -0.497 e. The van der Waals surface area contributed by atoms with E-state index in [-0.39, 0.29) is 16.1 Å². The van der Waals surface area contributed by atoms with E-state index >= 15 is 0 Å². The van der Waals surface area contributed by atoms with Crippen molar-refractivity contribution in [1.29, 1.82) is 0 Å². The Morgan fingerprint density at radius 2 is 1.41 bits per heavy atom. The van der Waals surface area contributed by atoms with Gasteiger partial charge in [0.15, 0.2) is 0 Å². The molecule has 0 spiro atoms. The van der Waals surface area contributed by atoms with Crippen LogP contribution >= 0.6 is 0 Å². The van der Waals surface area contributed by atoms with E-state index in [1.165, 1.54) is 19.2 Å². The number of nitrogens with one attached hydrogen (secondary N) is 2. The molecule has 0 aromatic heterocycles. The average molecular weight is 473 g/mol. The maximum atomic E-state index is 13.1. The second-order valence-corrected chi connectivity index (χ2v) is 9.26. The molecule has 7 heteroatoms. The molecule has 0 heterocycles. The minimum atomic E-state index is -3.93. The Bertz CT molecular complexity index is 1370. The van der Waals surface area contributed by atoms with Gasteiger partial charge in [-0.15, -0.1) is 0 Å². The summed E-state index contributed by atoms with van der Waals surface area (Å²) in [6.07, 6.45) is 0. The predicted molar refractivity (Wildman–Crippen MR) is 133 cm³/mol. The van der Waals surface area contributed by atoms with Gasteiger partial charge in [-0.1, -0.05) is 72.8 Å². The SMILES string of the molecule is COc1ccc(NS(=O)(=O)c2ccc(-c3ccccc3)cc2)c(C(=O)NCc2ccccc2)c1. The molecule has 0 atom stereocenters. The number of sulfonamides is 1. The second-order valence-electron chi connectivity index (χ2n) is 7.58. The van der Waals surface area contributed by atoms with Crippen LogP contribution in [0, 0.1) is 0 Å². The van der Waals surface area contributed by atoms with Crippen molar-refractivity contribution in [3.63, 3.8) is 0 Å². The lowest BCUT2D eigenvalue weighted by Crippen LogP contribution is -2.25. The fourth-order valence-corrected chi connectivity index (χ4v) is 4.54. The highest BCUT2D eigenvalue weighted by Crippen LogP contribution is 2.26. The number of anilines is 1. The van der Waals surface area contributed by atoms with Crippen molar-refractivity contribution < 1.29 is 17.9 Å². The molecule has 0 aliphatic carbocycles. The third-order valence-electron chi connectivity index (χ3n) is 5.28. The van der Waals surface area contributed by atoms with Gasteiger partial charge in [0, 0.05) is 6.54 Å². The highest BCUT2D eigenvalue weighted by atomic mass is 32.2. The number of hydrogen-bond donors (Lipinski definition) is 2. The van der Waals surface area contributed by atoms with Crippen LogP contribution in [0.3, 0.4) is 0 Å². The van der Waals surface area contributed by atoms with E-state index in [1.54, 1.807) is 30.3 Å². The normalized spacial score (nSPS) is 11.0. The summed E-state index contributed by atoms with van der Waals surface area (Å²) in [5, 5.41) is 2.83. The topological polar surface area (TPSA) is 84.5 Å². The molecule has 0 unspecified atom stereocenters. The summed E-state index contributed by atoms with van der Waals surface area (Å²) < 4.78 is 34.0. The molecule has 2 N–H and O–H groups in total. The molecule has 4 rings (SSSR count). The number of carbonyl (C=O) groups is 1. The summed E-state index contributed by atoms with van der Waals surface area (Å²) in [4.78, 5) is 13.0. The Labute approximate surface area is 199 Å². The molecule has 0 saturated heterocycles. The van der Waals surface area contributed by atoms with Crippen LogP contribution in [0.15, 0.2) is 108 Å². The lowest BCUT2D eigenvalue weighted by atomic mass is 10.1. The predicted octanol–water partition coefficient (Wildman–Crippen LogP) is 5.09. The summed E-state index contributed by atoms with van der Waals surface area (Å²) in [7, 11) is -2.44. The molecule has 0 aliphatic rings. The zero-order chi connectivity index (χ0) is 24.0. The Hall–Kier alpha value is -4.10. The van der Waals surface area contributed by atoms with Crippen LogP contribution in [0.2, 0.25) is 0 Å². The van der Waals surface area contributed by atoms with Gasteiger partial charge in [0.2, 0.25) is 0 Å². The van der Waals surface area contributed by atoms with Crippen LogP contribution in [-0.4, -0.2) is 21.4 Å². The Morgan fingerprint density at radius 1 is 0.794 bits per heavy atom. The van der Waals surface area contributed by atoms with Crippen molar-refractivity contribution in [2.24, 2.45) is 0 Å². The van der Waals surface area contributed by atoms with Crippen molar-refractivity contribution >= 4 is 21.6 Å². The zero-order valence-corrected chi connectivity index (χ0v) is 19.4. The highest BCUT2D eigenvalue weighted by molar-refractivity contribution is 7.92. The van der Waals surface area contributed by atoms with Gasteiger partial charge in [0.05, 0.1) is 23.3 Å². The van der Waals surface area contributed by atoms with Crippen molar-refractivity contribution in [3.05, 3.63) is 114 Å². The van der Waals surface area contributed by atoms with Crippen molar-refractivity contribution in [2.75, 3.05) is 11.8 Å². The third kappa shape index (κ3) is 5.44. The number of amides is 1. The molecule has 1 amide bonds. The van der Waals surface area contributed by atoms with Gasteiger partial charge in [0.1, 0.15) is 5.75 Å². The van der Waals surface area contributed by atoms with E-state index in [2.05, 4.69) is 10.0 Å². The zero-order valence-electron chi connectivity index (χ0n) is 18.6. The van der Waals surface area contributed by atoms with Crippen LogP contribution < -0.4 is 14.8 Å². The molecular formula is C27H24N2O4S. The summed E-state index contributed by atoms with van der Waals surface area (Å²) >= 11 is 0. The maximum Gasteiger partial charge on any atom is 0.261 e. The molecule has 0 saturated carbocycles. The fraction of sp³-hybridized carbons (Fsp3) is 0.0741. The van der Waals surface area contributed by atoms with Crippen LogP contribution in [0.25, 0.3) is 11.1 Å². The highest BCUT2D eigenvalue weighted by Gasteiger charge is 2.20. The lowest BCUT2D eigenvalue weighted by Gasteiger charge is -2.14. The van der Waals surface area contributed by atoms with Gasteiger partial charge in [-0.3, -0.25) is 9.52 Å². The molecule has 0 bridgehead atoms. The van der Waals surface area contributed by atoms with Crippen LogP contribution in [0.5, 0.6) is 5.75 Å². The van der Waals surface area contributed by atoms with E-state index in [1.807, 2.05) is 60.7 Å². The summed E-state index contributed by atoms with van der Waals surface area (Å²) in [6.45, 7) is 0.310. The van der Waals surface area contributed by atoms with Gasteiger partial charge in [-0.2, -0.15) is 0 Å². The number of benzene rings is 4. The molecule has 0 aliphatic heterocycles. The molecule has 0 fully saturated rings. The van der Waals surface area contributed by atoms with Crippen molar-refractivity contribution in [1.82, 2.24) is 5.32 Å². The molecule has 4 aromatic carbocycles. The standard InChI is InChI=1S/C27H24N2O4S/c1-33-23-14-17-26(25(18-23)27(30)28-19-20-8-4-2-5-9-20)29-34(31,32)24-15-12-22(13-16-24)21-10-6-3-7-11-21/h2-18,29H,19H2,1H3,(H,28,30). The van der Waals surface area contributed by atoms with E-state index in [9.17, 15) is 13.2 Å². The van der Waals surface area contributed by atoms with Gasteiger partial charge >= 0.3 is 0 Å². The monoisotopic (exact) mass is 472 g/mol. The van der Waals surface area contributed by atoms with Crippen LogP contribution in [0.4, 0.5) is 5.69 Å². The number of ether oxygens (including phenoxy) is 1. The van der Waals surface area contributed by atoms with E-state index in [0.717, 1.165) is 16.7 Å². The smallest absolute Gasteiger partial charge is 0.261 e. The maximum absolute atomic E-state index is 13.1. The Morgan fingerprint density at radius 3 is 2.06 bits per heavy atom. The Kier molecular flexibility index (Phi) is 6.94. The first-order valence-electron chi connectivity index (χ1n) is 10.6. The van der Waals surface area contributed by atoms with Gasteiger partial charge in [-0.25, -0.2) is 8.42 Å². The molecule has 34 heavy (non-hydrogen) atoms. The van der Waals surface area contributed by atoms with Crippen LogP contribution in [-0.2, 0) is 16.6 Å². The van der Waals surface area contributed by atoms with Crippen molar-refractivity contribution in [2.45, 2.75) is 11.4 Å². The quantitative estimate of drug-likeness (QED) is 0.374. The third-order valence-corrected chi connectivity index (χ3v) is 6.66. The van der Waals surface area contributed by atoms with Crippen LogP contribution in [0.1, 0.15) is 15.9 Å². The molecular weight excluding hydrogens is 448 g/mol. The van der Waals surface area contributed by atoms with Crippen molar-refractivity contribution in [3.8, 4) is 16.9 Å². The summed E-state index contributed by atoms with van der Waals surface area (Å²) in [6, 6.07) is 30.4. The molecule has 6 nitrogen and oxygen atoms in total. The van der Waals surface area contributed by atoms with E-state index < -0.39 is 15.9 Å². The first kappa shape index (κ1) is 23.1.